The molecule has 0 spiro atoms. The molecule has 0 saturated heterocycles. The third-order valence-electron chi connectivity index (χ3n) is 4.49. The van der Waals surface area contributed by atoms with Crippen molar-refractivity contribution in [3.63, 3.8) is 0 Å². The molecule has 0 bridgehead atoms. The smallest absolute Gasteiger partial charge is 0.321 e. The quantitative estimate of drug-likeness (QED) is 0.715. The van der Waals surface area contributed by atoms with Crippen LogP contribution in [0.4, 0.5) is 10.5 Å². The van der Waals surface area contributed by atoms with E-state index in [1.54, 1.807) is 4.90 Å². The Hall–Kier alpha value is -2.33. The summed E-state index contributed by atoms with van der Waals surface area (Å²) in [5.74, 6) is 0.646. The van der Waals surface area contributed by atoms with Crippen LogP contribution in [0, 0.1) is 5.92 Å². The van der Waals surface area contributed by atoms with Gasteiger partial charge in [-0.15, -0.1) is 0 Å². The van der Waals surface area contributed by atoms with Crippen LogP contribution in [0.3, 0.4) is 0 Å². The molecule has 0 saturated carbocycles. The summed E-state index contributed by atoms with van der Waals surface area (Å²) in [5, 5.41) is 2.97. The molecule has 2 rings (SSSR count). The van der Waals surface area contributed by atoms with Crippen molar-refractivity contribution in [2.24, 2.45) is 5.92 Å². The van der Waals surface area contributed by atoms with Gasteiger partial charge < -0.3 is 15.1 Å². The van der Waals surface area contributed by atoms with Crippen molar-refractivity contribution in [2.75, 3.05) is 39.5 Å². The lowest BCUT2D eigenvalue weighted by atomic mass is 9.98. The lowest BCUT2D eigenvalue weighted by Crippen LogP contribution is -2.33. The highest BCUT2D eigenvalue weighted by molar-refractivity contribution is 5.89. The van der Waals surface area contributed by atoms with Crippen molar-refractivity contribution in [1.82, 2.24) is 9.80 Å². The van der Waals surface area contributed by atoms with Crippen LogP contribution in [-0.4, -0.2) is 50.1 Å². The number of carbonyl (C=O) groups excluding carboxylic acids is 1. The summed E-state index contributed by atoms with van der Waals surface area (Å²) in [4.78, 5) is 16.1. The third kappa shape index (κ3) is 7.06. The van der Waals surface area contributed by atoms with Gasteiger partial charge in [-0.05, 0) is 68.2 Å². The van der Waals surface area contributed by atoms with E-state index in [0.29, 0.717) is 5.92 Å². The van der Waals surface area contributed by atoms with Crippen LogP contribution < -0.4 is 5.32 Å². The fourth-order valence-electron chi connectivity index (χ4n) is 3.04. The van der Waals surface area contributed by atoms with Crippen molar-refractivity contribution < 1.29 is 4.79 Å². The zero-order valence-corrected chi connectivity index (χ0v) is 17.3. The van der Waals surface area contributed by atoms with Gasteiger partial charge in [-0.2, -0.15) is 0 Å². The molecule has 0 heterocycles. The normalized spacial score (nSPS) is 11.1. The van der Waals surface area contributed by atoms with E-state index < -0.39 is 0 Å². The molecule has 146 valence electrons. The van der Waals surface area contributed by atoms with Crippen molar-refractivity contribution in [3.8, 4) is 11.1 Å². The first kappa shape index (κ1) is 21.0. The molecular weight excluding hydrogens is 334 g/mol. The zero-order valence-electron chi connectivity index (χ0n) is 17.3. The van der Waals surface area contributed by atoms with Gasteiger partial charge in [0.25, 0.3) is 0 Å². The third-order valence-corrected chi connectivity index (χ3v) is 4.49. The monoisotopic (exact) mass is 367 g/mol. The van der Waals surface area contributed by atoms with Crippen LogP contribution >= 0.6 is 0 Å². The first-order valence-corrected chi connectivity index (χ1v) is 9.71. The minimum Gasteiger partial charge on any atom is -0.328 e. The van der Waals surface area contributed by atoms with Gasteiger partial charge in [0.05, 0.1) is 0 Å². The van der Waals surface area contributed by atoms with E-state index in [1.807, 2.05) is 33.3 Å². The Morgan fingerprint density at radius 3 is 2.30 bits per heavy atom. The minimum atomic E-state index is -0.0690. The second-order valence-corrected chi connectivity index (χ2v) is 7.88. The number of nitrogens with one attached hydrogen (secondary N) is 1. The highest BCUT2D eigenvalue weighted by atomic mass is 16.2. The number of anilines is 1. The minimum absolute atomic E-state index is 0.0690. The number of rotatable bonds is 8. The van der Waals surface area contributed by atoms with Gasteiger partial charge in [-0.25, -0.2) is 4.79 Å². The van der Waals surface area contributed by atoms with Crippen LogP contribution in [0.2, 0.25) is 0 Å². The van der Waals surface area contributed by atoms with E-state index in [2.05, 4.69) is 60.5 Å². The molecule has 1 N–H and O–H groups in total. The standard InChI is InChI=1S/C23H33N3O/c1-18(2)16-19-8-6-9-21(17-19)20-10-12-22(13-11-20)24-23(27)26(5)15-7-14-25(3)4/h6,8-13,17-18H,7,14-16H2,1-5H3,(H,24,27). The predicted molar refractivity (Wildman–Crippen MR) is 115 cm³/mol. The van der Waals surface area contributed by atoms with Crippen LogP contribution in [0.5, 0.6) is 0 Å². The van der Waals surface area contributed by atoms with Gasteiger partial charge in [0.2, 0.25) is 0 Å². The first-order chi connectivity index (χ1) is 12.8. The Bertz CT molecular complexity index is 723. The number of urea groups is 1. The topological polar surface area (TPSA) is 35.6 Å². The van der Waals surface area contributed by atoms with Gasteiger partial charge in [-0.1, -0.05) is 50.2 Å². The molecule has 0 aliphatic rings. The van der Waals surface area contributed by atoms with Crippen LogP contribution in [0.15, 0.2) is 48.5 Å². The van der Waals surface area contributed by atoms with Crippen LogP contribution in [0.25, 0.3) is 11.1 Å². The second kappa shape index (κ2) is 10.1. The molecule has 0 radical (unpaired) electrons. The van der Waals surface area contributed by atoms with Crippen molar-refractivity contribution in [2.45, 2.75) is 26.7 Å². The molecule has 0 aromatic heterocycles. The number of nitrogens with zero attached hydrogens (tertiary/aromatic N) is 2. The van der Waals surface area contributed by atoms with Gasteiger partial charge in [0.15, 0.2) is 0 Å². The maximum absolute atomic E-state index is 12.3. The van der Waals surface area contributed by atoms with Gasteiger partial charge in [-0.3, -0.25) is 0 Å². The summed E-state index contributed by atoms with van der Waals surface area (Å²) in [5.41, 5.74) is 4.56. The summed E-state index contributed by atoms with van der Waals surface area (Å²) in [6.07, 6.45) is 2.05. The summed E-state index contributed by atoms with van der Waals surface area (Å²) in [7, 11) is 5.92. The number of hydrogen-bond donors (Lipinski definition) is 1. The van der Waals surface area contributed by atoms with E-state index in [-0.39, 0.29) is 6.03 Å². The molecule has 27 heavy (non-hydrogen) atoms. The number of benzene rings is 2. The molecule has 4 nitrogen and oxygen atoms in total. The largest absolute Gasteiger partial charge is 0.328 e. The van der Waals surface area contributed by atoms with E-state index in [9.17, 15) is 4.79 Å². The van der Waals surface area contributed by atoms with Gasteiger partial charge in [0.1, 0.15) is 0 Å². The molecule has 4 heteroatoms. The molecule has 0 aliphatic heterocycles. The fourth-order valence-corrected chi connectivity index (χ4v) is 3.04. The zero-order chi connectivity index (χ0) is 19.8. The average Bonchev–Trinajstić information content (AvgIpc) is 2.61. The Balaban J connectivity index is 1.96. The number of hydrogen-bond acceptors (Lipinski definition) is 2. The summed E-state index contributed by atoms with van der Waals surface area (Å²) < 4.78 is 0. The SMILES string of the molecule is CC(C)Cc1cccc(-c2ccc(NC(=O)N(C)CCCN(C)C)cc2)c1. The van der Waals surface area contributed by atoms with E-state index >= 15 is 0 Å². The lowest BCUT2D eigenvalue weighted by Gasteiger charge is -2.19. The molecule has 2 aromatic rings. The summed E-state index contributed by atoms with van der Waals surface area (Å²) in [6.45, 7) is 6.19. The van der Waals surface area contributed by atoms with Crippen LogP contribution in [-0.2, 0) is 6.42 Å². The lowest BCUT2D eigenvalue weighted by molar-refractivity contribution is 0.220. The Labute approximate surface area is 164 Å². The number of amides is 2. The molecule has 2 aromatic carbocycles. The Kier molecular flexibility index (Phi) is 7.86. The predicted octanol–water partition coefficient (Wildman–Crippen LogP) is 4.97. The van der Waals surface area contributed by atoms with Crippen LogP contribution in [0.1, 0.15) is 25.8 Å². The maximum Gasteiger partial charge on any atom is 0.321 e. The van der Waals surface area contributed by atoms with E-state index in [0.717, 1.165) is 37.2 Å². The summed E-state index contributed by atoms with van der Waals surface area (Å²) >= 11 is 0. The van der Waals surface area contributed by atoms with E-state index in [4.69, 9.17) is 0 Å². The van der Waals surface area contributed by atoms with Crippen molar-refractivity contribution >= 4 is 11.7 Å². The average molecular weight is 368 g/mol. The molecule has 0 unspecified atom stereocenters. The highest BCUT2D eigenvalue weighted by Gasteiger charge is 2.09. The van der Waals surface area contributed by atoms with Crippen molar-refractivity contribution in [1.29, 1.82) is 0 Å². The Morgan fingerprint density at radius 2 is 1.67 bits per heavy atom. The summed E-state index contributed by atoms with van der Waals surface area (Å²) in [6, 6.07) is 16.7. The molecule has 0 fully saturated rings. The first-order valence-electron chi connectivity index (χ1n) is 9.71. The number of carbonyl (C=O) groups is 1. The fraction of sp³-hybridized carbons (Fsp3) is 0.435. The molecular formula is C23H33N3O. The second-order valence-electron chi connectivity index (χ2n) is 7.88. The molecule has 2 amide bonds. The highest BCUT2D eigenvalue weighted by Crippen LogP contribution is 2.23. The van der Waals surface area contributed by atoms with Gasteiger partial charge >= 0.3 is 6.03 Å². The Morgan fingerprint density at radius 1 is 0.963 bits per heavy atom. The molecule has 0 atom stereocenters. The molecule has 0 aliphatic carbocycles. The van der Waals surface area contributed by atoms with Gasteiger partial charge in [0, 0.05) is 19.3 Å². The maximum atomic E-state index is 12.3. The van der Waals surface area contributed by atoms with Crippen molar-refractivity contribution in [3.05, 3.63) is 54.1 Å². The van der Waals surface area contributed by atoms with E-state index in [1.165, 1.54) is 11.1 Å².